The van der Waals surface area contributed by atoms with Gasteiger partial charge in [-0.25, -0.2) is 9.18 Å². The number of hydrogen-bond acceptors (Lipinski definition) is 4. The summed E-state index contributed by atoms with van der Waals surface area (Å²) in [6.45, 7) is 1.40. The van der Waals surface area contributed by atoms with Gasteiger partial charge in [0.25, 0.3) is 0 Å². The number of ether oxygens (including phenoxy) is 2. The van der Waals surface area contributed by atoms with Crippen molar-refractivity contribution in [3.05, 3.63) is 29.5 Å². The highest BCUT2D eigenvalue weighted by Crippen LogP contribution is 2.39. The summed E-state index contributed by atoms with van der Waals surface area (Å²) in [6.07, 6.45) is -1.24. The number of carboxylic acids is 1. The van der Waals surface area contributed by atoms with Crippen LogP contribution in [0.4, 0.5) is 4.39 Å². The monoisotopic (exact) mass is 308 g/mol. The van der Waals surface area contributed by atoms with Gasteiger partial charge in [0.15, 0.2) is 5.69 Å². The van der Waals surface area contributed by atoms with Crippen molar-refractivity contribution in [1.82, 2.24) is 9.78 Å². The number of carboxylic acid groups (broad SMARTS) is 1. The minimum Gasteiger partial charge on any atom is -0.496 e. The molecule has 118 valence electrons. The summed E-state index contributed by atoms with van der Waals surface area (Å²) in [6, 6.07) is 4.58. The van der Waals surface area contributed by atoms with Crippen LogP contribution in [0.5, 0.6) is 11.5 Å². The van der Waals surface area contributed by atoms with Gasteiger partial charge in [-0.1, -0.05) is 0 Å². The molecule has 0 amide bonds. The van der Waals surface area contributed by atoms with Crippen LogP contribution in [0, 0.1) is 0 Å². The average Bonchev–Trinajstić information content (AvgIpc) is 2.87. The Morgan fingerprint density at radius 1 is 1.27 bits per heavy atom. The number of aryl methyl sites for hydroxylation is 1. The molecular formula is C15H17FN2O4. The molecule has 0 radical (unpaired) electrons. The van der Waals surface area contributed by atoms with Gasteiger partial charge in [-0.2, -0.15) is 5.10 Å². The first-order valence-corrected chi connectivity index (χ1v) is 6.56. The van der Waals surface area contributed by atoms with Gasteiger partial charge in [-0.15, -0.1) is 0 Å². The minimum absolute atomic E-state index is 0.0924. The molecule has 22 heavy (non-hydrogen) atoms. The van der Waals surface area contributed by atoms with Crippen LogP contribution in [0.25, 0.3) is 11.3 Å². The quantitative estimate of drug-likeness (QED) is 0.919. The molecular weight excluding hydrogens is 291 g/mol. The molecule has 1 heterocycles. The molecule has 1 aromatic carbocycles. The van der Waals surface area contributed by atoms with Crippen molar-refractivity contribution in [1.29, 1.82) is 0 Å². The Bertz CT molecular complexity index is 710. The lowest BCUT2D eigenvalue weighted by Crippen LogP contribution is -2.01. The van der Waals surface area contributed by atoms with Crippen LogP contribution in [0.3, 0.4) is 0 Å². The Kier molecular flexibility index (Phi) is 4.35. The predicted molar refractivity (Wildman–Crippen MR) is 78.2 cm³/mol. The van der Waals surface area contributed by atoms with Gasteiger partial charge in [0.2, 0.25) is 0 Å². The third-order valence-electron chi connectivity index (χ3n) is 3.36. The maximum absolute atomic E-state index is 13.8. The first kappa shape index (κ1) is 15.8. The maximum Gasteiger partial charge on any atom is 0.356 e. The van der Waals surface area contributed by atoms with Crippen LogP contribution in [0.15, 0.2) is 18.2 Å². The van der Waals surface area contributed by atoms with E-state index in [9.17, 15) is 9.18 Å². The fraction of sp³-hybridized carbons (Fsp3) is 0.333. The van der Waals surface area contributed by atoms with Crippen molar-refractivity contribution in [2.24, 2.45) is 7.05 Å². The normalized spacial score (nSPS) is 12.0. The Morgan fingerprint density at radius 3 is 2.36 bits per heavy atom. The number of halogens is 1. The molecule has 1 atom stereocenters. The topological polar surface area (TPSA) is 73.6 Å². The van der Waals surface area contributed by atoms with Crippen molar-refractivity contribution >= 4 is 5.97 Å². The third-order valence-corrected chi connectivity index (χ3v) is 3.36. The molecule has 0 spiro atoms. The fourth-order valence-corrected chi connectivity index (χ4v) is 2.26. The number of aromatic carboxylic acids is 1. The lowest BCUT2D eigenvalue weighted by atomic mass is 10.0. The van der Waals surface area contributed by atoms with E-state index in [1.165, 1.54) is 31.9 Å². The first-order valence-electron chi connectivity index (χ1n) is 6.56. The van der Waals surface area contributed by atoms with Gasteiger partial charge in [0.05, 0.1) is 19.9 Å². The van der Waals surface area contributed by atoms with Crippen LogP contribution >= 0.6 is 0 Å². The van der Waals surface area contributed by atoms with E-state index >= 15 is 0 Å². The van der Waals surface area contributed by atoms with E-state index in [4.69, 9.17) is 14.6 Å². The minimum atomic E-state index is -1.24. The molecule has 1 aromatic heterocycles. The summed E-state index contributed by atoms with van der Waals surface area (Å²) in [4.78, 5) is 11.0. The average molecular weight is 308 g/mol. The molecule has 0 saturated heterocycles. The molecule has 0 aliphatic rings. The summed E-state index contributed by atoms with van der Waals surface area (Å²) in [5, 5.41) is 12.9. The van der Waals surface area contributed by atoms with Crippen LogP contribution < -0.4 is 9.47 Å². The number of nitrogens with zero attached hydrogens (tertiary/aromatic N) is 2. The van der Waals surface area contributed by atoms with Crippen LogP contribution in [0.2, 0.25) is 0 Å². The van der Waals surface area contributed by atoms with E-state index in [1.54, 1.807) is 19.2 Å². The zero-order valence-corrected chi connectivity index (χ0v) is 12.8. The Hall–Kier alpha value is -2.57. The standard InChI is InChI=1S/C15H17FN2O4/c1-8(16)9-5-10(14(22-4)7-13(9)21-3)12-6-11(15(19)20)17-18(12)2/h5-8H,1-4H3,(H,19,20). The number of alkyl halides is 1. The van der Waals surface area contributed by atoms with E-state index in [2.05, 4.69) is 5.10 Å². The van der Waals surface area contributed by atoms with E-state index in [0.717, 1.165) is 0 Å². The first-order chi connectivity index (χ1) is 10.4. The van der Waals surface area contributed by atoms with E-state index < -0.39 is 12.1 Å². The number of aromatic nitrogens is 2. The van der Waals surface area contributed by atoms with Crippen molar-refractivity contribution in [3.63, 3.8) is 0 Å². The molecule has 2 rings (SSSR count). The second-order valence-corrected chi connectivity index (χ2v) is 4.75. The van der Waals surface area contributed by atoms with Gasteiger partial charge in [-0.3, -0.25) is 4.68 Å². The van der Waals surface area contributed by atoms with Gasteiger partial charge >= 0.3 is 5.97 Å². The smallest absolute Gasteiger partial charge is 0.356 e. The zero-order chi connectivity index (χ0) is 16.4. The molecule has 0 fully saturated rings. The molecule has 6 nitrogen and oxygen atoms in total. The summed E-state index contributed by atoms with van der Waals surface area (Å²) >= 11 is 0. The van der Waals surface area contributed by atoms with Crippen LogP contribution in [-0.4, -0.2) is 35.1 Å². The molecule has 7 heteroatoms. The second kappa shape index (κ2) is 6.05. The molecule has 1 N–H and O–H groups in total. The number of methoxy groups -OCH3 is 2. The highest BCUT2D eigenvalue weighted by molar-refractivity contribution is 5.87. The number of carbonyl (C=O) groups is 1. The van der Waals surface area contributed by atoms with Gasteiger partial charge in [0, 0.05) is 24.2 Å². The highest BCUT2D eigenvalue weighted by atomic mass is 19.1. The van der Waals surface area contributed by atoms with Gasteiger partial charge < -0.3 is 14.6 Å². The molecule has 0 aliphatic heterocycles. The number of rotatable bonds is 5. The van der Waals surface area contributed by atoms with Gasteiger partial charge in [0.1, 0.15) is 17.7 Å². The lowest BCUT2D eigenvalue weighted by molar-refractivity contribution is 0.0689. The third kappa shape index (κ3) is 2.74. The molecule has 2 aromatic rings. The molecule has 1 unspecified atom stereocenters. The predicted octanol–water partition coefficient (Wildman–Crippen LogP) is 2.83. The van der Waals surface area contributed by atoms with E-state index in [0.29, 0.717) is 28.3 Å². The van der Waals surface area contributed by atoms with Crippen molar-refractivity contribution in [2.75, 3.05) is 14.2 Å². The van der Waals surface area contributed by atoms with Crippen LogP contribution in [-0.2, 0) is 7.05 Å². The molecule has 0 bridgehead atoms. The zero-order valence-electron chi connectivity index (χ0n) is 12.8. The van der Waals surface area contributed by atoms with E-state index in [-0.39, 0.29) is 5.69 Å². The SMILES string of the molecule is COc1cc(OC)c(C(C)F)cc1-c1cc(C(=O)O)nn1C. The number of benzene rings is 1. The summed E-state index contributed by atoms with van der Waals surface area (Å²) < 4.78 is 25.7. The summed E-state index contributed by atoms with van der Waals surface area (Å²) in [7, 11) is 4.54. The Labute approximate surface area is 127 Å². The lowest BCUT2D eigenvalue weighted by Gasteiger charge is -2.15. The summed E-state index contributed by atoms with van der Waals surface area (Å²) in [5.41, 5.74) is 1.32. The second-order valence-electron chi connectivity index (χ2n) is 4.75. The highest BCUT2D eigenvalue weighted by Gasteiger charge is 2.20. The van der Waals surface area contributed by atoms with E-state index in [1.807, 2.05) is 0 Å². The van der Waals surface area contributed by atoms with Crippen LogP contribution in [0.1, 0.15) is 29.1 Å². The number of hydrogen-bond donors (Lipinski definition) is 1. The van der Waals surface area contributed by atoms with Crippen molar-refractivity contribution in [3.8, 4) is 22.8 Å². The van der Waals surface area contributed by atoms with Gasteiger partial charge in [-0.05, 0) is 19.1 Å². The van der Waals surface area contributed by atoms with Crippen molar-refractivity contribution < 1.29 is 23.8 Å². The molecule has 0 saturated carbocycles. The summed E-state index contributed by atoms with van der Waals surface area (Å²) in [5.74, 6) is -0.314. The maximum atomic E-state index is 13.8. The fourth-order valence-electron chi connectivity index (χ4n) is 2.26. The largest absolute Gasteiger partial charge is 0.496 e. The van der Waals surface area contributed by atoms with Crippen molar-refractivity contribution in [2.45, 2.75) is 13.1 Å². The Morgan fingerprint density at radius 2 is 1.91 bits per heavy atom. The molecule has 0 aliphatic carbocycles. The Balaban J connectivity index is 2.68.